The van der Waals surface area contributed by atoms with Crippen LogP contribution in [0, 0.1) is 0 Å². The predicted molar refractivity (Wildman–Crippen MR) is 74.0 cm³/mol. The van der Waals surface area contributed by atoms with E-state index in [2.05, 4.69) is 6.92 Å². The summed E-state index contributed by atoms with van der Waals surface area (Å²) in [6.07, 6.45) is 1.65. The third kappa shape index (κ3) is 2.19. The molecule has 0 saturated heterocycles. The fourth-order valence-electron chi connectivity index (χ4n) is 2.22. The fraction of sp³-hybridized carbons (Fsp3) is 0.250. The average Bonchev–Trinajstić information content (AvgIpc) is 2.38. The highest BCUT2D eigenvalue weighted by molar-refractivity contribution is 5.79. The molecule has 0 aromatic heterocycles. The smallest absolute Gasteiger partial charge is 0.127 e. The quantitative estimate of drug-likeness (QED) is 0.857. The van der Waals surface area contributed by atoms with E-state index in [-0.39, 0.29) is 11.5 Å². The van der Waals surface area contributed by atoms with Crippen molar-refractivity contribution in [1.82, 2.24) is 0 Å². The lowest BCUT2D eigenvalue weighted by atomic mass is 9.95. The van der Waals surface area contributed by atoms with Crippen molar-refractivity contribution in [3.63, 3.8) is 0 Å². The fourth-order valence-corrected chi connectivity index (χ4v) is 2.22. The predicted octanol–water partition coefficient (Wildman–Crippen LogP) is 3.89. The van der Waals surface area contributed by atoms with Crippen molar-refractivity contribution < 1.29 is 10.2 Å². The van der Waals surface area contributed by atoms with Gasteiger partial charge in [0.1, 0.15) is 11.5 Å². The summed E-state index contributed by atoms with van der Waals surface area (Å²) in [6.45, 7) is 4.06. The van der Waals surface area contributed by atoms with Gasteiger partial charge in [0.2, 0.25) is 0 Å². The maximum Gasteiger partial charge on any atom is 0.127 e. The van der Waals surface area contributed by atoms with Gasteiger partial charge in [0.25, 0.3) is 0 Å². The molecule has 0 aliphatic carbocycles. The average molecular weight is 242 g/mol. The minimum absolute atomic E-state index is 0.146. The maximum absolute atomic E-state index is 10.1. The van der Waals surface area contributed by atoms with Gasteiger partial charge < -0.3 is 10.2 Å². The zero-order valence-corrected chi connectivity index (χ0v) is 10.8. The van der Waals surface area contributed by atoms with Crippen LogP contribution in [-0.2, 0) is 12.8 Å². The number of phenolic OH excluding ortho intramolecular Hbond substituents is 2. The van der Waals surface area contributed by atoms with Gasteiger partial charge in [0, 0.05) is 0 Å². The molecule has 0 amide bonds. The summed E-state index contributed by atoms with van der Waals surface area (Å²) in [4.78, 5) is 0. The Morgan fingerprint density at radius 2 is 1.50 bits per heavy atom. The highest BCUT2D eigenvalue weighted by atomic mass is 16.3. The number of aromatic hydroxyl groups is 2. The molecule has 0 heterocycles. The minimum atomic E-state index is 0.146. The Morgan fingerprint density at radius 1 is 0.889 bits per heavy atom. The van der Waals surface area contributed by atoms with Crippen LogP contribution < -0.4 is 0 Å². The molecule has 0 aliphatic rings. The van der Waals surface area contributed by atoms with Crippen molar-refractivity contribution in [3.8, 4) is 22.6 Å². The summed E-state index contributed by atoms with van der Waals surface area (Å²) in [6, 6.07) is 11.3. The molecular formula is C16H18O2. The Hall–Kier alpha value is -1.96. The number of rotatable bonds is 3. The number of hydrogen-bond acceptors (Lipinski definition) is 2. The van der Waals surface area contributed by atoms with E-state index in [1.54, 1.807) is 12.1 Å². The lowest BCUT2D eigenvalue weighted by Gasteiger charge is -2.13. The first-order valence-electron chi connectivity index (χ1n) is 6.30. The standard InChI is InChI=1S/C16H18O2/c1-3-11-9-14(17)16(15(18)10-11)13-8-6-5-7-12(13)4-2/h5-10,17-18H,3-4H2,1-2H3. The molecule has 0 radical (unpaired) electrons. The van der Waals surface area contributed by atoms with Gasteiger partial charge in [0.05, 0.1) is 5.56 Å². The van der Waals surface area contributed by atoms with Crippen LogP contribution >= 0.6 is 0 Å². The summed E-state index contributed by atoms with van der Waals surface area (Å²) in [7, 11) is 0. The Kier molecular flexibility index (Phi) is 3.56. The largest absolute Gasteiger partial charge is 0.507 e. The Morgan fingerprint density at radius 3 is 2.06 bits per heavy atom. The first kappa shape index (κ1) is 12.5. The zero-order valence-electron chi connectivity index (χ0n) is 10.8. The van der Waals surface area contributed by atoms with Gasteiger partial charge in [-0.15, -0.1) is 0 Å². The molecule has 94 valence electrons. The van der Waals surface area contributed by atoms with Gasteiger partial charge in [-0.05, 0) is 41.7 Å². The Labute approximate surface area is 108 Å². The van der Waals surface area contributed by atoms with Crippen LogP contribution in [0.15, 0.2) is 36.4 Å². The number of hydrogen-bond donors (Lipinski definition) is 2. The van der Waals surface area contributed by atoms with Crippen LogP contribution in [0.25, 0.3) is 11.1 Å². The van der Waals surface area contributed by atoms with Crippen LogP contribution in [-0.4, -0.2) is 10.2 Å². The summed E-state index contributed by atoms with van der Waals surface area (Å²) in [5.74, 6) is 0.292. The van der Waals surface area contributed by atoms with Crippen molar-refractivity contribution in [2.75, 3.05) is 0 Å². The molecule has 2 nitrogen and oxygen atoms in total. The maximum atomic E-state index is 10.1. The van der Waals surface area contributed by atoms with Gasteiger partial charge in [0.15, 0.2) is 0 Å². The Balaban J connectivity index is 2.64. The Bertz CT molecular complexity index is 536. The van der Waals surface area contributed by atoms with Gasteiger partial charge in [-0.3, -0.25) is 0 Å². The molecule has 2 heteroatoms. The lowest BCUT2D eigenvalue weighted by Crippen LogP contribution is -1.90. The highest BCUT2D eigenvalue weighted by Gasteiger charge is 2.13. The van der Waals surface area contributed by atoms with Crippen LogP contribution in [0.1, 0.15) is 25.0 Å². The number of benzene rings is 2. The summed E-state index contributed by atoms with van der Waals surface area (Å²) in [5, 5.41) is 20.2. The van der Waals surface area contributed by atoms with Crippen molar-refractivity contribution >= 4 is 0 Å². The molecule has 0 bridgehead atoms. The molecule has 0 unspecified atom stereocenters. The second-order valence-electron chi connectivity index (χ2n) is 4.37. The van der Waals surface area contributed by atoms with Gasteiger partial charge in [-0.1, -0.05) is 38.1 Å². The van der Waals surface area contributed by atoms with Crippen LogP contribution in [0.3, 0.4) is 0 Å². The van der Waals surface area contributed by atoms with Crippen LogP contribution in [0.4, 0.5) is 0 Å². The van der Waals surface area contributed by atoms with E-state index in [0.29, 0.717) is 5.56 Å². The second kappa shape index (κ2) is 5.13. The van der Waals surface area contributed by atoms with Gasteiger partial charge in [-0.25, -0.2) is 0 Å². The molecule has 2 aromatic carbocycles. The van der Waals surface area contributed by atoms with Crippen LogP contribution in [0.2, 0.25) is 0 Å². The molecule has 2 N–H and O–H groups in total. The molecular weight excluding hydrogens is 224 g/mol. The van der Waals surface area contributed by atoms with E-state index in [0.717, 1.165) is 29.5 Å². The van der Waals surface area contributed by atoms with Gasteiger partial charge in [-0.2, -0.15) is 0 Å². The van der Waals surface area contributed by atoms with E-state index in [1.165, 1.54) is 0 Å². The summed E-state index contributed by atoms with van der Waals surface area (Å²) < 4.78 is 0. The lowest BCUT2D eigenvalue weighted by molar-refractivity contribution is 0.453. The number of phenols is 2. The third-order valence-corrected chi connectivity index (χ3v) is 3.23. The highest BCUT2D eigenvalue weighted by Crippen LogP contribution is 2.40. The van der Waals surface area contributed by atoms with E-state index >= 15 is 0 Å². The zero-order chi connectivity index (χ0) is 13.1. The first-order valence-corrected chi connectivity index (χ1v) is 6.30. The molecule has 2 rings (SSSR count). The van der Waals surface area contributed by atoms with E-state index in [9.17, 15) is 10.2 Å². The van der Waals surface area contributed by atoms with E-state index < -0.39 is 0 Å². The molecule has 2 aromatic rings. The molecule has 0 spiro atoms. The normalized spacial score (nSPS) is 10.6. The van der Waals surface area contributed by atoms with Crippen molar-refractivity contribution in [3.05, 3.63) is 47.5 Å². The van der Waals surface area contributed by atoms with Crippen molar-refractivity contribution in [2.24, 2.45) is 0 Å². The molecule has 0 atom stereocenters. The SMILES string of the molecule is CCc1cc(O)c(-c2ccccc2CC)c(O)c1. The monoisotopic (exact) mass is 242 g/mol. The molecule has 0 fully saturated rings. The summed E-state index contributed by atoms with van der Waals surface area (Å²) in [5.41, 5.74) is 3.48. The minimum Gasteiger partial charge on any atom is -0.507 e. The topological polar surface area (TPSA) is 40.5 Å². The van der Waals surface area contributed by atoms with E-state index in [1.807, 2.05) is 31.2 Å². The van der Waals surface area contributed by atoms with Crippen molar-refractivity contribution in [2.45, 2.75) is 26.7 Å². The molecule has 18 heavy (non-hydrogen) atoms. The first-order chi connectivity index (χ1) is 8.67. The van der Waals surface area contributed by atoms with Gasteiger partial charge >= 0.3 is 0 Å². The van der Waals surface area contributed by atoms with Crippen LogP contribution in [0.5, 0.6) is 11.5 Å². The third-order valence-electron chi connectivity index (χ3n) is 3.23. The summed E-state index contributed by atoms with van der Waals surface area (Å²) >= 11 is 0. The molecule has 0 aliphatic heterocycles. The number of aryl methyl sites for hydroxylation is 2. The molecule has 0 saturated carbocycles. The second-order valence-corrected chi connectivity index (χ2v) is 4.37. The van der Waals surface area contributed by atoms with E-state index in [4.69, 9.17) is 0 Å². The van der Waals surface area contributed by atoms with Crippen molar-refractivity contribution in [1.29, 1.82) is 0 Å².